The minimum Gasteiger partial charge on any atom is -0.389 e. The van der Waals surface area contributed by atoms with Crippen molar-refractivity contribution in [2.24, 2.45) is 23.2 Å². The van der Waals surface area contributed by atoms with Gasteiger partial charge in [0.25, 0.3) is 0 Å². The topological polar surface area (TPSA) is 43.7 Å². The highest BCUT2D eigenvalue weighted by Crippen LogP contribution is 2.60. The number of rotatable bonds is 2. The number of nitrogens with zero attached hydrogens (tertiary/aromatic N) is 1. The van der Waals surface area contributed by atoms with E-state index in [4.69, 9.17) is 0 Å². The molecule has 0 unspecified atom stereocenters. The maximum atomic E-state index is 9.69. The Labute approximate surface area is 109 Å². The quantitative estimate of drug-likeness (QED) is 0.776. The fourth-order valence-corrected chi connectivity index (χ4v) is 5.93. The molecule has 18 heavy (non-hydrogen) atoms. The van der Waals surface area contributed by atoms with Gasteiger partial charge in [-0.25, -0.2) is 0 Å². The standard InChI is InChI=1S/C15H25NO2/c17-13-7-16(8-14(13)18)9-15-4-10-1-11(5-15)3-12(2-10)6-15/h10-14,17-18H,1-9H2/t10?,11?,12?,13-,14+,15?. The number of aliphatic hydroxyl groups excluding tert-OH is 2. The molecule has 4 saturated carbocycles. The van der Waals surface area contributed by atoms with Crippen LogP contribution < -0.4 is 0 Å². The molecule has 5 aliphatic rings. The van der Waals surface area contributed by atoms with Gasteiger partial charge < -0.3 is 10.2 Å². The second-order valence-electron chi connectivity index (χ2n) is 7.75. The average molecular weight is 251 g/mol. The SMILES string of the molecule is O[C@@H]1CN(CC23CC4CC(CC(C4)C2)C3)C[C@@H]1O. The molecule has 0 radical (unpaired) electrons. The third kappa shape index (κ3) is 1.83. The fraction of sp³-hybridized carbons (Fsp3) is 1.00. The summed E-state index contributed by atoms with van der Waals surface area (Å²) in [5, 5.41) is 19.4. The summed E-state index contributed by atoms with van der Waals surface area (Å²) in [5.74, 6) is 2.98. The molecule has 0 amide bonds. The van der Waals surface area contributed by atoms with Crippen molar-refractivity contribution in [2.75, 3.05) is 19.6 Å². The van der Waals surface area contributed by atoms with Crippen LogP contribution in [-0.2, 0) is 0 Å². The summed E-state index contributed by atoms with van der Waals surface area (Å²) in [6.45, 7) is 2.50. The molecule has 1 aliphatic heterocycles. The zero-order chi connectivity index (χ0) is 12.3. The van der Waals surface area contributed by atoms with Crippen molar-refractivity contribution in [3.63, 3.8) is 0 Å². The van der Waals surface area contributed by atoms with Crippen molar-refractivity contribution < 1.29 is 10.2 Å². The van der Waals surface area contributed by atoms with Crippen LogP contribution in [0.3, 0.4) is 0 Å². The second kappa shape index (κ2) is 3.94. The Morgan fingerprint density at radius 3 is 1.72 bits per heavy atom. The molecule has 0 spiro atoms. The Morgan fingerprint density at radius 2 is 1.28 bits per heavy atom. The van der Waals surface area contributed by atoms with Crippen LogP contribution in [0.2, 0.25) is 0 Å². The van der Waals surface area contributed by atoms with E-state index in [1.807, 2.05) is 0 Å². The molecular formula is C15H25NO2. The summed E-state index contributed by atoms with van der Waals surface area (Å²) >= 11 is 0. The minimum atomic E-state index is -0.515. The van der Waals surface area contributed by atoms with Crippen LogP contribution in [0.5, 0.6) is 0 Å². The van der Waals surface area contributed by atoms with Gasteiger partial charge in [-0.2, -0.15) is 0 Å². The Hall–Kier alpha value is -0.120. The summed E-state index contributed by atoms with van der Waals surface area (Å²) in [5.41, 5.74) is 0.540. The van der Waals surface area contributed by atoms with Gasteiger partial charge in [0.2, 0.25) is 0 Å². The monoisotopic (exact) mass is 251 g/mol. The molecule has 5 fully saturated rings. The first-order valence-corrected chi connectivity index (χ1v) is 7.70. The molecule has 1 saturated heterocycles. The second-order valence-corrected chi connectivity index (χ2v) is 7.75. The van der Waals surface area contributed by atoms with Gasteiger partial charge in [-0.15, -0.1) is 0 Å². The molecule has 2 atom stereocenters. The largest absolute Gasteiger partial charge is 0.389 e. The minimum absolute atomic E-state index is 0.515. The fourth-order valence-electron chi connectivity index (χ4n) is 5.93. The number of β-amino-alcohol motifs (C(OH)–C–C–N with tert-alkyl or cyclic N) is 2. The highest BCUT2D eigenvalue weighted by molar-refractivity contribution is 5.03. The van der Waals surface area contributed by atoms with Crippen molar-refractivity contribution >= 4 is 0 Å². The van der Waals surface area contributed by atoms with Gasteiger partial charge in [0.15, 0.2) is 0 Å². The summed E-state index contributed by atoms with van der Waals surface area (Å²) in [6, 6.07) is 0. The number of aliphatic hydroxyl groups is 2. The van der Waals surface area contributed by atoms with E-state index in [9.17, 15) is 10.2 Å². The number of hydrogen-bond acceptors (Lipinski definition) is 3. The van der Waals surface area contributed by atoms with E-state index in [0.717, 1.165) is 24.3 Å². The van der Waals surface area contributed by atoms with Crippen LogP contribution in [0.1, 0.15) is 38.5 Å². The van der Waals surface area contributed by atoms with Gasteiger partial charge in [0.1, 0.15) is 0 Å². The first kappa shape index (κ1) is 11.7. The maximum Gasteiger partial charge on any atom is 0.0938 e. The normalized spacial score (nSPS) is 55.3. The highest BCUT2D eigenvalue weighted by atomic mass is 16.3. The van der Waals surface area contributed by atoms with Crippen LogP contribution >= 0.6 is 0 Å². The van der Waals surface area contributed by atoms with Crippen molar-refractivity contribution in [3.05, 3.63) is 0 Å². The molecule has 5 rings (SSSR count). The zero-order valence-corrected chi connectivity index (χ0v) is 11.1. The van der Waals surface area contributed by atoms with E-state index in [1.165, 1.54) is 38.5 Å². The summed E-state index contributed by atoms with van der Waals surface area (Å²) in [6.07, 6.45) is 7.70. The van der Waals surface area contributed by atoms with E-state index in [1.54, 1.807) is 0 Å². The number of hydrogen-bond donors (Lipinski definition) is 2. The number of likely N-dealkylation sites (tertiary alicyclic amines) is 1. The zero-order valence-electron chi connectivity index (χ0n) is 11.1. The Bertz CT molecular complexity index is 298. The predicted molar refractivity (Wildman–Crippen MR) is 69.1 cm³/mol. The van der Waals surface area contributed by atoms with Crippen LogP contribution in [0, 0.1) is 23.2 Å². The van der Waals surface area contributed by atoms with Gasteiger partial charge in [0, 0.05) is 19.6 Å². The Balaban J connectivity index is 1.48. The van der Waals surface area contributed by atoms with E-state index >= 15 is 0 Å². The predicted octanol–water partition coefficient (Wildman–Crippen LogP) is 1.24. The molecular weight excluding hydrogens is 226 g/mol. The lowest BCUT2D eigenvalue weighted by Crippen LogP contribution is -2.51. The van der Waals surface area contributed by atoms with Gasteiger partial charge in [-0.3, -0.25) is 4.90 Å². The molecule has 4 bridgehead atoms. The smallest absolute Gasteiger partial charge is 0.0938 e. The first-order valence-electron chi connectivity index (χ1n) is 7.70. The maximum absolute atomic E-state index is 9.69. The molecule has 3 heteroatoms. The van der Waals surface area contributed by atoms with Gasteiger partial charge >= 0.3 is 0 Å². The van der Waals surface area contributed by atoms with Crippen molar-refractivity contribution in [1.82, 2.24) is 4.90 Å². The lowest BCUT2D eigenvalue weighted by molar-refractivity contribution is -0.0677. The average Bonchev–Trinajstić information content (AvgIpc) is 2.54. The molecule has 102 valence electrons. The van der Waals surface area contributed by atoms with Gasteiger partial charge in [0.05, 0.1) is 12.2 Å². The summed E-state index contributed by atoms with van der Waals surface area (Å²) in [7, 11) is 0. The third-order valence-electron chi connectivity index (χ3n) is 6.06. The van der Waals surface area contributed by atoms with Crippen molar-refractivity contribution in [1.29, 1.82) is 0 Å². The highest BCUT2D eigenvalue weighted by Gasteiger charge is 2.51. The lowest BCUT2D eigenvalue weighted by Gasteiger charge is -2.57. The van der Waals surface area contributed by atoms with Crippen LogP contribution in [0.4, 0.5) is 0 Å². The van der Waals surface area contributed by atoms with Crippen molar-refractivity contribution in [2.45, 2.75) is 50.7 Å². The van der Waals surface area contributed by atoms with E-state index in [-0.39, 0.29) is 0 Å². The summed E-state index contributed by atoms with van der Waals surface area (Å²) < 4.78 is 0. The van der Waals surface area contributed by atoms with E-state index in [2.05, 4.69) is 4.90 Å². The van der Waals surface area contributed by atoms with Crippen LogP contribution in [0.15, 0.2) is 0 Å². The Morgan fingerprint density at radius 1 is 0.833 bits per heavy atom. The first-order chi connectivity index (χ1) is 8.62. The van der Waals surface area contributed by atoms with E-state index in [0.29, 0.717) is 18.5 Å². The molecule has 4 aliphatic carbocycles. The molecule has 2 N–H and O–H groups in total. The molecule has 3 nitrogen and oxygen atoms in total. The lowest BCUT2D eigenvalue weighted by atomic mass is 9.49. The van der Waals surface area contributed by atoms with Crippen molar-refractivity contribution in [3.8, 4) is 0 Å². The van der Waals surface area contributed by atoms with Crippen LogP contribution in [-0.4, -0.2) is 47.0 Å². The van der Waals surface area contributed by atoms with E-state index < -0.39 is 12.2 Å². The Kier molecular flexibility index (Phi) is 2.56. The molecule has 0 aromatic carbocycles. The molecule has 0 aromatic rings. The van der Waals surface area contributed by atoms with Gasteiger partial charge in [-0.05, 0) is 61.7 Å². The van der Waals surface area contributed by atoms with Gasteiger partial charge in [-0.1, -0.05) is 0 Å². The third-order valence-corrected chi connectivity index (χ3v) is 6.06. The molecule has 0 aromatic heterocycles. The molecule has 1 heterocycles. The summed E-state index contributed by atoms with van der Waals surface area (Å²) in [4.78, 5) is 2.32. The van der Waals surface area contributed by atoms with Crippen LogP contribution in [0.25, 0.3) is 0 Å².